The zero-order chi connectivity index (χ0) is 6.85. The van der Waals surface area contributed by atoms with Crippen molar-refractivity contribution >= 4 is 79.9 Å². The number of hydrogen-bond acceptors (Lipinski definition) is 4. The van der Waals surface area contributed by atoms with Crippen molar-refractivity contribution in [3.05, 3.63) is 12.0 Å². The molecule has 0 fully saturated rings. The summed E-state index contributed by atoms with van der Waals surface area (Å²) in [5.41, 5.74) is 2.25. The van der Waals surface area contributed by atoms with Crippen molar-refractivity contribution in [3.63, 3.8) is 0 Å². The van der Waals surface area contributed by atoms with Crippen LogP contribution in [-0.2, 0) is 0 Å². The van der Waals surface area contributed by atoms with Gasteiger partial charge in [0.25, 0.3) is 0 Å². The molecule has 1 rings (SSSR count). The molecule has 0 spiro atoms. The second-order valence-electron chi connectivity index (χ2n) is 1.32. The molecular formula is C3H4Cl2KN3O. The van der Waals surface area contributed by atoms with Crippen molar-refractivity contribution in [1.29, 1.82) is 0 Å². The van der Waals surface area contributed by atoms with E-state index in [-0.39, 0.29) is 62.4 Å². The molecule has 0 saturated carbocycles. The summed E-state index contributed by atoms with van der Waals surface area (Å²) < 4.78 is 0.789. The maximum atomic E-state index is 8.71. The summed E-state index contributed by atoms with van der Waals surface area (Å²) in [5.74, 6) is -0.134. The van der Waals surface area contributed by atoms with Gasteiger partial charge >= 0.3 is 51.4 Å². The average molecular weight is 208 g/mol. The van der Waals surface area contributed by atoms with Gasteiger partial charge in [-0.1, -0.05) is 11.6 Å². The van der Waals surface area contributed by atoms with Gasteiger partial charge in [0.05, 0.1) is 11.8 Å². The third kappa shape index (κ3) is 3.43. The van der Waals surface area contributed by atoms with Crippen LogP contribution in [0.1, 0.15) is 0 Å². The molecule has 1 heterocycles. The van der Waals surface area contributed by atoms with E-state index in [4.69, 9.17) is 28.5 Å². The molecule has 0 unspecified atom stereocenters. The number of hydrazone groups is 1. The van der Waals surface area contributed by atoms with Crippen LogP contribution >= 0.6 is 23.4 Å². The zero-order valence-electron chi connectivity index (χ0n) is 4.17. The molecule has 10 heavy (non-hydrogen) atoms. The quantitative estimate of drug-likeness (QED) is 0.443. The average Bonchev–Trinajstić information content (AvgIpc) is 1.59. The van der Waals surface area contributed by atoms with Crippen molar-refractivity contribution in [3.8, 4) is 0 Å². The Labute approximate surface area is 110 Å². The van der Waals surface area contributed by atoms with Gasteiger partial charge in [-0.25, -0.2) is 5.43 Å². The van der Waals surface area contributed by atoms with E-state index in [0.29, 0.717) is 0 Å². The number of aliphatic hydroxyl groups is 1. The molecule has 0 aromatic carbocycles. The minimum atomic E-state index is -0.134. The Hall–Kier alpha value is 1.03. The van der Waals surface area contributed by atoms with Crippen molar-refractivity contribution < 1.29 is 5.11 Å². The first-order chi connectivity index (χ1) is 4.18. The van der Waals surface area contributed by atoms with Gasteiger partial charge in [-0.2, -0.15) is 0 Å². The molecule has 1 aliphatic rings. The fourth-order valence-corrected chi connectivity index (χ4v) is 0.763. The van der Waals surface area contributed by atoms with Gasteiger partial charge < -0.3 is 5.11 Å². The fraction of sp³-hybridized carbons (Fsp3) is 0. The van der Waals surface area contributed by atoms with E-state index in [9.17, 15) is 0 Å². The number of hydrazine groups is 1. The number of hydrogen-bond donors (Lipinski definition) is 2. The Bertz CT molecular complexity index is 183. The predicted octanol–water partition coefficient (Wildman–Crippen LogP) is 0.264. The van der Waals surface area contributed by atoms with Crippen LogP contribution in [-0.4, -0.2) is 66.3 Å². The molecule has 0 saturated heterocycles. The van der Waals surface area contributed by atoms with Gasteiger partial charge in [0, 0.05) is 6.08 Å². The molecule has 0 amide bonds. The van der Waals surface area contributed by atoms with Crippen molar-refractivity contribution in [2.24, 2.45) is 5.10 Å². The summed E-state index contributed by atoms with van der Waals surface area (Å²) in [6.07, 6.45) is 1.24. The number of nitrogens with zero attached hydrogens (tertiary/aromatic N) is 2. The topological polar surface area (TPSA) is 47.9 Å². The molecule has 1 aliphatic heterocycles. The Kier molecular flexibility index (Phi) is 5.31. The molecular weight excluding hydrogens is 204 g/mol. The third-order valence-corrected chi connectivity index (χ3v) is 0.991. The van der Waals surface area contributed by atoms with Gasteiger partial charge in [-0.3, -0.25) is 0 Å². The van der Waals surface area contributed by atoms with Crippen LogP contribution < -0.4 is 5.43 Å². The van der Waals surface area contributed by atoms with E-state index in [1.807, 2.05) is 0 Å². The zero-order valence-corrected chi connectivity index (χ0v) is 5.69. The Morgan fingerprint density at radius 2 is 2.30 bits per heavy atom. The van der Waals surface area contributed by atoms with Crippen LogP contribution in [0.5, 0.6) is 0 Å². The summed E-state index contributed by atoms with van der Waals surface area (Å²) in [7, 11) is 0. The van der Waals surface area contributed by atoms with Crippen LogP contribution in [0.3, 0.4) is 0 Å². The monoisotopic (exact) mass is 207 g/mol. The number of halogens is 2. The fourth-order valence-electron chi connectivity index (χ4n) is 0.377. The van der Waals surface area contributed by atoms with Gasteiger partial charge in [0.1, 0.15) is 0 Å². The van der Waals surface area contributed by atoms with Gasteiger partial charge in [-0.15, -0.1) is 9.74 Å². The minimum absolute atomic E-state index is 0. The van der Waals surface area contributed by atoms with E-state index in [2.05, 4.69) is 10.5 Å². The van der Waals surface area contributed by atoms with Gasteiger partial charge in [-0.05, 0) is 0 Å². The number of nitrogens with one attached hydrogen (secondary N) is 1. The first kappa shape index (κ1) is 11.0. The van der Waals surface area contributed by atoms with E-state index in [1.54, 1.807) is 0 Å². The van der Waals surface area contributed by atoms with E-state index >= 15 is 0 Å². The summed E-state index contributed by atoms with van der Waals surface area (Å²) in [4.78, 5) is 0. The Morgan fingerprint density at radius 1 is 1.70 bits per heavy atom. The van der Waals surface area contributed by atoms with Crippen LogP contribution in [0.25, 0.3) is 0 Å². The predicted molar refractivity (Wildman–Crippen MR) is 42.0 cm³/mol. The molecule has 4 nitrogen and oxygen atoms in total. The van der Waals surface area contributed by atoms with E-state index in [1.165, 1.54) is 6.08 Å². The second-order valence-corrected chi connectivity index (χ2v) is 2.03. The number of allylic oxidation sites excluding steroid dienone is 1. The molecule has 52 valence electrons. The van der Waals surface area contributed by atoms with Crippen LogP contribution in [0.4, 0.5) is 0 Å². The normalized spacial score (nSPS) is 16.4. The van der Waals surface area contributed by atoms with Crippen LogP contribution in [0.15, 0.2) is 17.1 Å². The first-order valence-corrected chi connectivity index (χ1v) is 2.77. The van der Waals surface area contributed by atoms with E-state index in [0.717, 1.165) is 4.64 Å². The number of aliphatic hydroxyl groups excluding tert-OH is 1. The molecule has 0 aromatic heterocycles. The first-order valence-electron chi connectivity index (χ1n) is 2.06. The van der Waals surface area contributed by atoms with Crippen LogP contribution in [0, 0.1) is 0 Å². The molecule has 0 aromatic rings. The van der Waals surface area contributed by atoms with Crippen LogP contribution in [0.2, 0.25) is 0 Å². The standard InChI is InChI=1S/C3H3Cl2N3O.K.H/c4-2-1-3(9)7-8(5)6-2;;/h1,7,9H;;. The molecule has 7 heteroatoms. The van der Waals surface area contributed by atoms with Gasteiger partial charge in [0.2, 0.25) is 5.88 Å². The summed E-state index contributed by atoms with van der Waals surface area (Å²) in [6.45, 7) is 0. The van der Waals surface area contributed by atoms with Gasteiger partial charge in [0.15, 0.2) is 5.17 Å². The summed E-state index contributed by atoms with van der Waals surface area (Å²) in [6, 6.07) is 0. The molecule has 0 atom stereocenters. The SMILES string of the molecule is OC1=CC(Cl)=NN(Cl)N1.[KH]. The van der Waals surface area contributed by atoms with E-state index < -0.39 is 0 Å². The Balaban J connectivity index is 0.000000810. The van der Waals surface area contributed by atoms with Crippen molar-refractivity contribution in [1.82, 2.24) is 10.1 Å². The molecule has 0 radical (unpaired) electrons. The van der Waals surface area contributed by atoms with Crippen molar-refractivity contribution in [2.75, 3.05) is 0 Å². The summed E-state index contributed by atoms with van der Waals surface area (Å²) >= 11 is 10.6. The Morgan fingerprint density at radius 3 is 2.70 bits per heavy atom. The number of rotatable bonds is 0. The second kappa shape index (κ2) is 4.81. The van der Waals surface area contributed by atoms with Crippen molar-refractivity contribution in [2.45, 2.75) is 0 Å². The maximum absolute atomic E-state index is 8.71. The summed E-state index contributed by atoms with van der Waals surface area (Å²) in [5, 5.41) is 12.3. The molecule has 2 N–H and O–H groups in total. The molecule has 0 aliphatic carbocycles. The third-order valence-electron chi connectivity index (χ3n) is 0.646. The molecule has 0 bridgehead atoms.